The lowest BCUT2D eigenvalue weighted by molar-refractivity contribution is 0.380. The van der Waals surface area contributed by atoms with Crippen molar-refractivity contribution in [1.29, 1.82) is 0 Å². The molecule has 5 heteroatoms. The highest BCUT2D eigenvalue weighted by Crippen LogP contribution is 2.24. The third kappa shape index (κ3) is 2.12. The van der Waals surface area contributed by atoms with E-state index in [-0.39, 0.29) is 11.0 Å². The number of halogens is 2. The minimum atomic E-state index is -0.445. The zero-order valence-corrected chi connectivity index (χ0v) is 9.20. The van der Waals surface area contributed by atoms with Crippen LogP contribution in [0.5, 0.6) is 6.01 Å². The summed E-state index contributed by atoms with van der Waals surface area (Å²) in [6, 6.07) is 4.74. The van der Waals surface area contributed by atoms with E-state index in [1.54, 1.807) is 18.5 Å². The van der Waals surface area contributed by atoms with Crippen LogP contribution >= 0.6 is 11.6 Å². The van der Waals surface area contributed by atoms with Crippen LogP contribution < -0.4 is 4.74 Å². The Balaban J connectivity index is 2.38. The van der Waals surface area contributed by atoms with Crippen molar-refractivity contribution in [3.05, 3.63) is 41.4 Å². The van der Waals surface area contributed by atoms with Crippen molar-refractivity contribution in [2.24, 2.45) is 0 Å². The van der Waals surface area contributed by atoms with Crippen molar-refractivity contribution in [2.75, 3.05) is 7.11 Å². The summed E-state index contributed by atoms with van der Waals surface area (Å²) in [7, 11) is 1.49. The molecule has 2 rings (SSSR count). The normalized spacial score (nSPS) is 10.2. The summed E-state index contributed by atoms with van der Waals surface area (Å²) in [5.74, 6) is -0.445. The van der Waals surface area contributed by atoms with Gasteiger partial charge in [-0.05, 0) is 17.7 Å². The lowest BCUT2D eigenvalue weighted by Crippen LogP contribution is -1.91. The van der Waals surface area contributed by atoms with E-state index in [1.807, 2.05) is 0 Å². The molecule has 1 heterocycles. The molecule has 3 nitrogen and oxygen atoms in total. The van der Waals surface area contributed by atoms with Gasteiger partial charge in [0.1, 0.15) is 5.82 Å². The van der Waals surface area contributed by atoms with E-state index in [4.69, 9.17) is 16.3 Å². The number of benzene rings is 1. The van der Waals surface area contributed by atoms with Gasteiger partial charge in [-0.2, -0.15) is 0 Å². The summed E-state index contributed by atoms with van der Waals surface area (Å²) < 4.78 is 17.8. The number of ether oxygens (including phenoxy) is 1. The Morgan fingerprint density at radius 2 is 1.88 bits per heavy atom. The fourth-order valence-corrected chi connectivity index (χ4v) is 1.43. The fraction of sp³-hybridized carbons (Fsp3) is 0.0909. The molecule has 0 atom stereocenters. The van der Waals surface area contributed by atoms with E-state index in [0.717, 1.165) is 11.1 Å². The second kappa shape index (κ2) is 4.45. The summed E-state index contributed by atoms with van der Waals surface area (Å²) >= 11 is 5.68. The average molecular weight is 239 g/mol. The third-order valence-corrected chi connectivity index (χ3v) is 2.35. The van der Waals surface area contributed by atoms with Crippen LogP contribution in [-0.4, -0.2) is 17.1 Å². The number of nitrogens with zero attached hydrogens (tertiary/aromatic N) is 2. The van der Waals surface area contributed by atoms with E-state index in [9.17, 15) is 4.39 Å². The first-order chi connectivity index (χ1) is 7.70. The molecule has 0 amide bonds. The predicted octanol–water partition coefficient (Wildman–Crippen LogP) is 2.94. The number of methoxy groups -OCH3 is 1. The Morgan fingerprint density at radius 3 is 2.44 bits per heavy atom. The minimum absolute atomic E-state index is 0.0771. The van der Waals surface area contributed by atoms with E-state index in [1.165, 1.54) is 19.2 Å². The summed E-state index contributed by atoms with van der Waals surface area (Å²) in [5.41, 5.74) is 1.51. The van der Waals surface area contributed by atoms with Gasteiger partial charge in [0.15, 0.2) is 0 Å². The molecule has 1 aromatic heterocycles. The summed E-state index contributed by atoms with van der Waals surface area (Å²) in [6.45, 7) is 0. The monoisotopic (exact) mass is 238 g/mol. The molecule has 0 spiro atoms. The Hall–Kier alpha value is -1.68. The van der Waals surface area contributed by atoms with E-state index >= 15 is 0 Å². The van der Waals surface area contributed by atoms with E-state index < -0.39 is 5.82 Å². The maximum absolute atomic E-state index is 12.9. The lowest BCUT2D eigenvalue weighted by atomic mass is 10.1. The van der Waals surface area contributed by atoms with Crippen molar-refractivity contribution in [3.8, 4) is 17.1 Å². The van der Waals surface area contributed by atoms with E-state index in [2.05, 4.69) is 9.97 Å². The molecule has 82 valence electrons. The van der Waals surface area contributed by atoms with Crippen LogP contribution in [0.4, 0.5) is 4.39 Å². The van der Waals surface area contributed by atoms with Crippen molar-refractivity contribution in [1.82, 2.24) is 9.97 Å². The largest absolute Gasteiger partial charge is 0.467 e. The van der Waals surface area contributed by atoms with Gasteiger partial charge in [0, 0.05) is 18.0 Å². The smallest absolute Gasteiger partial charge is 0.316 e. The van der Waals surface area contributed by atoms with Crippen LogP contribution in [0.2, 0.25) is 5.02 Å². The second-order valence-electron chi connectivity index (χ2n) is 3.09. The SMILES string of the molecule is COc1ncc(-c2ccc(F)c(Cl)c2)cn1. The zero-order valence-electron chi connectivity index (χ0n) is 8.45. The number of rotatable bonds is 2. The van der Waals surface area contributed by atoms with Crippen LogP contribution in [0.15, 0.2) is 30.6 Å². The highest BCUT2D eigenvalue weighted by Gasteiger charge is 2.04. The predicted molar refractivity (Wildman–Crippen MR) is 59.0 cm³/mol. The summed E-state index contributed by atoms with van der Waals surface area (Å²) in [5, 5.41) is 0.0771. The molecule has 0 N–H and O–H groups in total. The maximum atomic E-state index is 12.9. The third-order valence-electron chi connectivity index (χ3n) is 2.06. The fourth-order valence-electron chi connectivity index (χ4n) is 1.25. The van der Waals surface area contributed by atoms with Gasteiger partial charge >= 0.3 is 6.01 Å². The Morgan fingerprint density at radius 1 is 1.19 bits per heavy atom. The Labute approximate surface area is 96.9 Å². The van der Waals surface area contributed by atoms with Crippen LogP contribution in [0.1, 0.15) is 0 Å². The molecule has 0 aliphatic carbocycles. The Bertz CT molecular complexity index is 502. The van der Waals surface area contributed by atoms with Gasteiger partial charge in [-0.25, -0.2) is 14.4 Å². The van der Waals surface area contributed by atoms with Gasteiger partial charge in [-0.3, -0.25) is 0 Å². The average Bonchev–Trinajstić information content (AvgIpc) is 2.33. The van der Waals surface area contributed by atoms with Crippen molar-refractivity contribution < 1.29 is 9.13 Å². The van der Waals surface area contributed by atoms with Crippen molar-refractivity contribution >= 4 is 11.6 Å². The van der Waals surface area contributed by atoms with Gasteiger partial charge in [0.25, 0.3) is 0 Å². The number of hydrogen-bond acceptors (Lipinski definition) is 3. The minimum Gasteiger partial charge on any atom is -0.467 e. The molecular formula is C11H8ClFN2O. The van der Waals surface area contributed by atoms with Crippen molar-refractivity contribution in [3.63, 3.8) is 0 Å². The molecule has 0 saturated carbocycles. The summed E-state index contributed by atoms with van der Waals surface area (Å²) in [6.07, 6.45) is 3.19. The highest BCUT2D eigenvalue weighted by molar-refractivity contribution is 6.31. The molecule has 0 saturated heterocycles. The first kappa shape index (κ1) is 10.8. The molecule has 0 fully saturated rings. The molecule has 0 aliphatic heterocycles. The zero-order chi connectivity index (χ0) is 11.5. The van der Waals surface area contributed by atoms with Crippen LogP contribution in [0, 0.1) is 5.82 Å². The van der Waals surface area contributed by atoms with Crippen LogP contribution in [-0.2, 0) is 0 Å². The molecule has 1 aromatic carbocycles. The first-order valence-electron chi connectivity index (χ1n) is 4.52. The van der Waals surface area contributed by atoms with Gasteiger partial charge in [0.05, 0.1) is 12.1 Å². The summed E-state index contributed by atoms with van der Waals surface area (Å²) in [4.78, 5) is 7.91. The molecule has 0 radical (unpaired) electrons. The second-order valence-corrected chi connectivity index (χ2v) is 3.49. The van der Waals surface area contributed by atoms with E-state index in [0.29, 0.717) is 0 Å². The van der Waals surface area contributed by atoms with Crippen LogP contribution in [0.3, 0.4) is 0 Å². The van der Waals surface area contributed by atoms with Gasteiger partial charge < -0.3 is 4.74 Å². The van der Waals surface area contributed by atoms with Crippen LogP contribution in [0.25, 0.3) is 11.1 Å². The maximum Gasteiger partial charge on any atom is 0.316 e. The van der Waals surface area contributed by atoms with Gasteiger partial charge in [-0.15, -0.1) is 0 Å². The number of aromatic nitrogens is 2. The van der Waals surface area contributed by atoms with Gasteiger partial charge in [0.2, 0.25) is 0 Å². The topological polar surface area (TPSA) is 35.0 Å². The number of hydrogen-bond donors (Lipinski definition) is 0. The Kier molecular flexibility index (Phi) is 3.01. The molecular weight excluding hydrogens is 231 g/mol. The molecule has 2 aromatic rings. The van der Waals surface area contributed by atoms with Crippen molar-refractivity contribution in [2.45, 2.75) is 0 Å². The molecule has 0 unspecified atom stereocenters. The standard InChI is InChI=1S/C11H8ClFN2O/c1-16-11-14-5-8(6-15-11)7-2-3-10(13)9(12)4-7/h2-6H,1H3. The molecule has 0 aliphatic rings. The first-order valence-corrected chi connectivity index (χ1v) is 4.90. The lowest BCUT2D eigenvalue weighted by Gasteiger charge is -2.03. The quantitative estimate of drug-likeness (QED) is 0.807. The molecule has 16 heavy (non-hydrogen) atoms. The highest BCUT2D eigenvalue weighted by atomic mass is 35.5. The molecule has 0 bridgehead atoms. The van der Waals surface area contributed by atoms with Gasteiger partial charge in [-0.1, -0.05) is 17.7 Å².